The maximum atomic E-state index is 2.50. The monoisotopic (exact) mass is 254 g/mol. The van der Waals surface area contributed by atoms with Gasteiger partial charge in [0.25, 0.3) is 0 Å². The zero-order valence-electron chi connectivity index (χ0n) is 14.3. The van der Waals surface area contributed by atoms with E-state index in [1.54, 1.807) is 0 Å². The van der Waals surface area contributed by atoms with E-state index >= 15 is 0 Å². The average molecular weight is 255 g/mol. The second-order valence-electron chi connectivity index (χ2n) is 7.51. The van der Waals surface area contributed by atoms with Crippen LogP contribution in [-0.2, 0) is 0 Å². The molecule has 0 aliphatic heterocycles. The van der Waals surface area contributed by atoms with Crippen molar-refractivity contribution < 1.29 is 0 Å². The van der Waals surface area contributed by atoms with Crippen LogP contribution in [0.2, 0.25) is 0 Å². The summed E-state index contributed by atoms with van der Waals surface area (Å²) in [5, 5.41) is 0. The van der Waals surface area contributed by atoms with Gasteiger partial charge in [0.05, 0.1) is 0 Å². The Kier molecular flexibility index (Phi) is 8.23. The third-order valence-electron chi connectivity index (χ3n) is 5.21. The van der Waals surface area contributed by atoms with Crippen molar-refractivity contribution in [3.8, 4) is 0 Å². The Morgan fingerprint density at radius 2 is 1.39 bits per heavy atom. The molecule has 0 nitrogen and oxygen atoms in total. The lowest BCUT2D eigenvalue weighted by molar-refractivity contribution is 0.145. The molecule has 3 unspecified atom stereocenters. The predicted octanol–water partition coefficient (Wildman–Crippen LogP) is 6.55. The van der Waals surface area contributed by atoms with Gasteiger partial charge in [0.15, 0.2) is 0 Å². The first-order valence-electron chi connectivity index (χ1n) is 8.27. The molecule has 0 aliphatic carbocycles. The fourth-order valence-corrected chi connectivity index (χ4v) is 3.30. The molecule has 0 heteroatoms. The summed E-state index contributed by atoms with van der Waals surface area (Å²) in [6.07, 6.45) is 6.87. The largest absolute Gasteiger partial charge is 0.0654 e. The van der Waals surface area contributed by atoms with Crippen LogP contribution in [0.5, 0.6) is 0 Å². The minimum absolute atomic E-state index is 0.457. The molecule has 0 heterocycles. The van der Waals surface area contributed by atoms with Crippen molar-refractivity contribution in [3.63, 3.8) is 0 Å². The van der Waals surface area contributed by atoms with Crippen molar-refractivity contribution in [1.82, 2.24) is 0 Å². The van der Waals surface area contributed by atoms with Crippen LogP contribution in [0.1, 0.15) is 87.5 Å². The zero-order chi connectivity index (χ0) is 14.3. The predicted molar refractivity (Wildman–Crippen MR) is 84.9 cm³/mol. The van der Waals surface area contributed by atoms with Gasteiger partial charge in [-0.1, -0.05) is 81.1 Å². The summed E-state index contributed by atoms with van der Waals surface area (Å²) < 4.78 is 0. The van der Waals surface area contributed by atoms with E-state index in [0.29, 0.717) is 5.41 Å². The van der Waals surface area contributed by atoms with Gasteiger partial charge in [-0.3, -0.25) is 0 Å². The molecule has 3 atom stereocenters. The second-order valence-corrected chi connectivity index (χ2v) is 7.51. The molecule has 0 saturated heterocycles. The Balaban J connectivity index is 4.61. The molecule has 0 aromatic rings. The highest BCUT2D eigenvalue weighted by Gasteiger charge is 2.28. The molecule has 0 saturated carbocycles. The zero-order valence-corrected chi connectivity index (χ0v) is 14.3. The van der Waals surface area contributed by atoms with Gasteiger partial charge in [0, 0.05) is 0 Å². The minimum Gasteiger partial charge on any atom is -0.0654 e. The summed E-state index contributed by atoms with van der Waals surface area (Å²) in [4.78, 5) is 0. The highest BCUT2D eigenvalue weighted by Crippen LogP contribution is 2.38. The number of rotatable bonds is 8. The first-order valence-corrected chi connectivity index (χ1v) is 8.27. The number of hydrogen-bond donors (Lipinski definition) is 0. The highest BCUT2D eigenvalue weighted by atomic mass is 14.3. The summed E-state index contributed by atoms with van der Waals surface area (Å²) in [7, 11) is 0. The maximum absolute atomic E-state index is 2.50. The quantitative estimate of drug-likeness (QED) is 0.461. The van der Waals surface area contributed by atoms with Gasteiger partial charge in [-0.2, -0.15) is 0 Å². The molecule has 0 amide bonds. The maximum Gasteiger partial charge on any atom is -0.0357 e. The first kappa shape index (κ1) is 18.0. The highest BCUT2D eigenvalue weighted by molar-refractivity contribution is 4.78. The molecule has 0 spiro atoms. The normalized spacial score (nSPS) is 17.8. The van der Waals surface area contributed by atoms with E-state index in [1.165, 1.54) is 32.1 Å². The molecule has 0 N–H and O–H groups in total. The van der Waals surface area contributed by atoms with Gasteiger partial charge in [-0.15, -0.1) is 0 Å². The van der Waals surface area contributed by atoms with Crippen LogP contribution in [0.3, 0.4) is 0 Å². The molecule has 110 valence electrons. The molecule has 0 rings (SSSR count). The first-order chi connectivity index (χ1) is 8.27. The molecule has 0 radical (unpaired) electrons. The van der Waals surface area contributed by atoms with E-state index in [9.17, 15) is 0 Å². The molecule has 18 heavy (non-hydrogen) atoms. The average Bonchev–Trinajstić information content (AvgIpc) is 2.28. The summed E-state index contributed by atoms with van der Waals surface area (Å²) in [6.45, 7) is 19.2. The molecule has 0 bridgehead atoms. The Morgan fingerprint density at radius 3 is 1.72 bits per heavy atom. The van der Waals surface area contributed by atoms with Crippen LogP contribution in [0, 0.1) is 29.1 Å². The topological polar surface area (TPSA) is 0 Å². The summed E-state index contributed by atoms with van der Waals surface area (Å²) in [6, 6.07) is 0. The Morgan fingerprint density at radius 1 is 0.889 bits per heavy atom. The van der Waals surface area contributed by atoms with Crippen LogP contribution in [0.15, 0.2) is 0 Å². The van der Waals surface area contributed by atoms with Gasteiger partial charge in [-0.25, -0.2) is 0 Å². The van der Waals surface area contributed by atoms with Crippen LogP contribution in [0.25, 0.3) is 0 Å². The standard InChI is InChI=1S/C18H38/c1-9-12-17(16(10-2)11-3)14(4)13-15(5)18(6,7)8/h14-17H,9-13H2,1-8H3. The Bertz CT molecular complexity index is 195. The van der Waals surface area contributed by atoms with Crippen molar-refractivity contribution in [1.29, 1.82) is 0 Å². The van der Waals surface area contributed by atoms with Gasteiger partial charge in [-0.05, 0) is 35.5 Å². The van der Waals surface area contributed by atoms with Crippen molar-refractivity contribution >= 4 is 0 Å². The number of hydrogen-bond acceptors (Lipinski definition) is 0. The molecular weight excluding hydrogens is 216 g/mol. The van der Waals surface area contributed by atoms with Gasteiger partial charge in [0.1, 0.15) is 0 Å². The third-order valence-corrected chi connectivity index (χ3v) is 5.21. The van der Waals surface area contributed by atoms with Crippen LogP contribution < -0.4 is 0 Å². The van der Waals surface area contributed by atoms with Crippen molar-refractivity contribution in [2.45, 2.75) is 87.5 Å². The molecular formula is C18H38. The summed E-state index contributed by atoms with van der Waals surface area (Å²) >= 11 is 0. The van der Waals surface area contributed by atoms with E-state index in [-0.39, 0.29) is 0 Å². The van der Waals surface area contributed by atoms with Crippen molar-refractivity contribution in [2.75, 3.05) is 0 Å². The summed E-state index contributed by atoms with van der Waals surface area (Å²) in [5.41, 5.74) is 0.457. The van der Waals surface area contributed by atoms with Crippen LogP contribution in [0.4, 0.5) is 0 Å². The Hall–Kier alpha value is 0. The SMILES string of the molecule is CCCC(C(C)CC(C)C(C)(C)C)C(CC)CC. The van der Waals surface area contributed by atoms with E-state index in [1.807, 2.05) is 0 Å². The second kappa shape index (κ2) is 8.23. The minimum atomic E-state index is 0.457. The van der Waals surface area contributed by atoms with Crippen molar-refractivity contribution in [3.05, 3.63) is 0 Å². The van der Waals surface area contributed by atoms with Gasteiger partial charge < -0.3 is 0 Å². The van der Waals surface area contributed by atoms with E-state index in [2.05, 4.69) is 55.4 Å². The lowest BCUT2D eigenvalue weighted by atomic mass is 9.70. The molecule has 0 aliphatic rings. The third kappa shape index (κ3) is 5.76. The van der Waals surface area contributed by atoms with Crippen LogP contribution in [-0.4, -0.2) is 0 Å². The summed E-state index contributed by atoms with van der Waals surface area (Å²) in [5.74, 6) is 3.58. The van der Waals surface area contributed by atoms with Gasteiger partial charge in [0.2, 0.25) is 0 Å². The van der Waals surface area contributed by atoms with E-state index < -0.39 is 0 Å². The fourth-order valence-electron chi connectivity index (χ4n) is 3.30. The fraction of sp³-hybridized carbons (Fsp3) is 1.00. The molecule has 0 fully saturated rings. The van der Waals surface area contributed by atoms with Crippen LogP contribution >= 0.6 is 0 Å². The molecule has 0 aromatic heterocycles. The van der Waals surface area contributed by atoms with E-state index in [4.69, 9.17) is 0 Å². The van der Waals surface area contributed by atoms with Gasteiger partial charge >= 0.3 is 0 Å². The lowest BCUT2D eigenvalue weighted by Gasteiger charge is -2.36. The van der Waals surface area contributed by atoms with E-state index in [0.717, 1.165) is 23.7 Å². The lowest BCUT2D eigenvalue weighted by Crippen LogP contribution is -2.26. The van der Waals surface area contributed by atoms with Crippen molar-refractivity contribution in [2.24, 2.45) is 29.1 Å². The smallest absolute Gasteiger partial charge is 0.0357 e. The Labute approximate surface area is 117 Å². The molecule has 0 aromatic carbocycles.